The van der Waals surface area contributed by atoms with E-state index in [0.717, 1.165) is 22.8 Å². The van der Waals surface area contributed by atoms with Crippen molar-refractivity contribution >= 4 is 83.9 Å². The van der Waals surface area contributed by atoms with E-state index in [1.54, 1.807) is 6.07 Å². The summed E-state index contributed by atoms with van der Waals surface area (Å²) in [7, 11) is -4.51. The molecule has 0 radical (unpaired) electrons. The molecular formula is C13H6I3O5S-. The van der Waals surface area contributed by atoms with E-state index in [4.69, 9.17) is 4.74 Å². The number of halogens is 3. The van der Waals surface area contributed by atoms with Gasteiger partial charge in [-0.05, 0) is 104 Å². The van der Waals surface area contributed by atoms with Crippen LogP contribution in [0.2, 0.25) is 0 Å². The number of carbonyl (C=O) groups is 1. The molecule has 2 rings (SSSR count). The van der Waals surface area contributed by atoms with Crippen LogP contribution < -0.4 is 4.74 Å². The van der Waals surface area contributed by atoms with Crippen molar-refractivity contribution in [2.24, 2.45) is 0 Å². The van der Waals surface area contributed by atoms with E-state index in [9.17, 15) is 17.8 Å². The van der Waals surface area contributed by atoms with Crippen molar-refractivity contribution in [3.8, 4) is 5.75 Å². The Morgan fingerprint density at radius 3 is 2.18 bits per heavy atom. The van der Waals surface area contributed by atoms with Gasteiger partial charge in [-0.2, -0.15) is 0 Å². The molecule has 0 heterocycles. The molecule has 0 unspecified atom stereocenters. The normalized spacial score (nSPS) is 11.3. The highest BCUT2D eigenvalue weighted by Gasteiger charge is 2.16. The summed E-state index contributed by atoms with van der Waals surface area (Å²) >= 11 is 6.30. The first-order valence-electron chi connectivity index (χ1n) is 5.61. The molecule has 2 aromatic rings. The maximum atomic E-state index is 12.2. The maximum Gasteiger partial charge on any atom is 0.344 e. The van der Waals surface area contributed by atoms with Crippen LogP contribution in [0, 0.1) is 10.7 Å². The van der Waals surface area contributed by atoms with E-state index in [0.29, 0.717) is 5.56 Å². The molecule has 22 heavy (non-hydrogen) atoms. The third-order valence-corrected chi connectivity index (χ3v) is 7.05. The molecule has 0 aliphatic carbocycles. The van der Waals surface area contributed by atoms with Gasteiger partial charge in [0.1, 0.15) is 15.9 Å². The van der Waals surface area contributed by atoms with Crippen molar-refractivity contribution in [1.29, 1.82) is 0 Å². The third-order valence-electron chi connectivity index (χ3n) is 2.54. The number of hydrogen-bond donors (Lipinski definition) is 0. The average molecular weight is 655 g/mol. The van der Waals surface area contributed by atoms with Gasteiger partial charge in [0.05, 0.1) is 10.5 Å². The molecule has 0 aliphatic rings. The Hall–Kier alpha value is 0.0100. The van der Waals surface area contributed by atoms with Gasteiger partial charge in [-0.15, -0.1) is 0 Å². The first-order valence-corrected chi connectivity index (χ1v) is 10.3. The molecule has 0 saturated heterocycles. The predicted molar refractivity (Wildman–Crippen MR) is 104 cm³/mol. The number of rotatable bonds is 3. The van der Waals surface area contributed by atoms with Crippen molar-refractivity contribution in [2.75, 3.05) is 0 Å². The number of carbonyl (C=O) groups excluding carboxylic acids is 1. The molecule has 2 aromatic carbocycles. The minimum absolute atomic E-state index is 0.169. The number of hydrogen-bond acceptors (Lipinski definition) is 5. The number of benzene rings is 2. The van der Waals surface area contributed by atoms with Crippen molar-refractivity contribution in [3.63, 3.8) is 0 Å². The Labute approximate surface area is 168 Å². The molecule has 9 heteroatoms. The molecule has 0 aromatic heterocycles. The van der Waals surface area contributed by atoms with E-state index < -0.39 is 16.1 Å². The van der Waals surface area contributed by atoms with E-state index in [-0.39, 0.29) is 10.6 Å². The zero-order chi connectivity index (χ0) is 16.5. The summed E-state index contributed by atoms with van der Waals surface area (Å²) in [5.41, 5.74) is 0.428. The molecule has 0 spiro atoms. The van der Waals surface area contributed by atoms with Gasteiger partial charge in [-0.1, -0.05) is 0 Å². The standard InChI is InChI=1S/C13H7I3O5S/c14-7-5-10(12(16)11(15)6-7)13(17)21-8-1-3-9(4-2-8)22(18,19)20/h1-6H,(H,18,19,20)/p-1. The van der Waals surface area contributed by atoms with E-state index in [1.165, 1.54) is 12.1 Å². The summed E-state index contributed by atoms with van der Waals surface area (Å²) in [5, 5.41) is 0. The first-order chi connectivity index (χ1) is 10.2. The Kier molecular flexibility index (Phi) is 6.07. The van der Waals surface area contributed by atoms with Gasteiger partial charge in [-0.3, -0.25) is 0 Å². The Morgan fingerprint density at radius 2 is 1.64 bits per heavy atom. The van der Waals surface area contributed by atoms with Crippen LogP contribution in [0.5, 0.6) is 5.75 Å². The van der Waals surface area contributed by atoms with E-state index in [2.05, 4.69) is 67.8 Å². The smallest absolute Gasteiger partial charge is 0.344 e. The van der Waals surface area contributed by atoms with Crippen LogP contribution >= 0.6 is 67.8 Å². The van der Waals surface area contributed by atoms with Gasteiger partial charge < -0.3 is 9.29 Å². The van der Waals surface area contributed by atoms with Gasteiger partial charge >= 0.3 is 5.97 Å². The summed E-state index contributed by atoms with van der Waals surface area (Å²) < 4.78 is 40.4. The molecule has 5 nitrogen and oxygen atoms in total. The van der Waals surface area contributed by atoms with Crippen molar-refractivity contribution < 1.29 is 22.5 Å². The quantitative estimate of drug-likeness (QED) is 0.166. The second-order valence-electron chi connectivity index (χ2n) is 4.06. The fraction of sp³-hybridized carbons (Fsp3) is 0. The highest BCUT2D eigenvalue weighted by atomic mass is 127. The topological polar surface area (TPSA) is 83.5 Å². The van der Waals surface area contributed by atoms with Crippen LogP contribution in [-0.4, -0.2) is 18.9 Å². The lowest BCUT2D eigenvalue weighted by molar-refractivity contribution is 0.0733. The second kappa shape index (κ2) is 7.27. The summed E-state index contributed by atoms with van der Waals surface area (Å²) in [5.74, 6) is -0.374. The van der Waals surface area contributed by atoms with Crippen LogP contribution in [0.15, 0.2) is 41.3 Å². The van der Waals surface area contributed by atoms with E-state index in [1.807, 2.05) is 6.07 Å². The summed E-state index contributed by atoms with van der Waals surface area (Å²) in [6.45, 7) is 0. The van der Waals surface area contributed by atoms with E-state index >= 15 is 0 Å². The van der Waals surface area contributed by atoms with Crippen molar-refractivity contribution in [3.05, 3.63) is 52.7 Å². The lowest BCUT2D eigenvalue weighted by Crippen LogP contribution is -2.11. The molecule has 0 fully saturated rings. The fourth-order valence-electron chi connectivity index (χ4n) is 1.54. The highest BCUT2D eigenvalue weighted by molar-refractivity contribution is 14.1. The van der Waals surface area contributed by atoms with Crippen molar-refractivity contribution in [2.45, 2.75) is 4.90 Å². The Balaban J connectivity index is 2.26. The predicted octanol–water partition coefficient (Wildman–Crippen LogP) is 3.62. The lowest BCUT2D eigenvalue weighted by atomic mass is 10.2. The zero-order valence-electron chi connectivity index (χ0n) is 10.5. The SMILES string of the molecule is O=C(Oc1ccc(S(=O)(=O)[O-])cc1)c1cc(I)cc(I)c1I. The third kappa shape index (κ3) is 4.52. The Morgan fingerprint density at radius 1 is 1.05 bits per heavy atom. The van der Waals surface area contributed by atoms with Crippen LogP contribution in [0.25, 0.3) is 0 Å². The monoisotopic (exact) mass is 655 g/mol. The highest BCUT2D eigenvalue weighted by Crippen LogP contribution is 2.24. The summed E-state index contributed by atoms with van der Waals surface area (Å²) in [6.07, 6.45) is 0. The molecule has 0 saturated carbocycles. The molecule has 0 bridgehead atoms. The molecule has 0 N–H and O–H groups in total. The van der Waals surface area contributed by atoms with Crippen LogP contribution in [-0.2, 0) is 10.1 Å². The minimum atomic E-state index is -4.51. The zero-order valence-corrected chi connectivity index (χ0v) is 17.8. The van der Waals surface area contributed by atoms with Gasteiger partial charge in [0.25, 0.3) is 0 Å². The Bertz CT molecular complexity index is 831. The number of ether oxygens (including phenoxy) is 1. The summed E-state index contributed by atoms with van der Waals surface area (Å²) in [6, 6.07) is 8.41. The van der Waals surface area contributed by atoms with Crippen molar-refractivity contribution in [1.82, 2.24) is 0 Å². The molecule has 0 atom stereocenters. The second-order valence-corrected chi connectivity index (χ2v) is 8.93. The minimum Gasteiger partial charge on any atom is -0.744 e. The van der Waals surface area contributed by atoms with Gasteiger partial charge in [0, 0.05) is 10.7 Å². The lowest BCUT2D eigenvalue weighted by Gasteiger charge is -2.10. The fourth-order valence-corrected chi connectivity index (χ4v) is 4.39. The van der Waals surface area contributed by atoms with Gasteiger partial charge in [-0.25, -0.2) is 13.2 Å². The molecule has 116 valence electrons. The van der Waals surface area contributed by atoms with Crippen LogP contribution in [0.3, 0.4) is 0 Å². The van der Waals surface area contributed by atoms with Crippen LogP contribution in [0.1, 0.15) is 10.4 Å². The van der Waals surface area contributed by atoms with Gasteiger partial charge in [0.2, 0.25) is 0 Å². The van der Waals surface area contributed by atoms with Crippen LogP contribution in [0.4, 0.5) is 0 Å². The number of esters is 1. The average Bonchev–Trinajstić information content (AvgIpc) is 2.42. The summed E-state index contributed by atoms with van der Waals surface area (Å²) in [4.78, 5) is 11.8. The maximum absolute atomic E-state index is 12.2. The largest absolute Gasteiger partial charge is 0.744 e. The van der Waals surface area contributed by atoms with Gasteiger partial charge in [0.15, 0.2) is 0 Å². The first kappa shape index (κ1) is 18.4. The molecular weight excluding hydrogens is 649 g/mol. The molecule has 0 amide bonds. The molecule has 0 aliphatic heterocycles.